The molecule has 1 saturated carbocycles. The predicted molar refractivity (Wildman–Crippen MR) is 37.0 cm³/mol. The van der Waals surface area contributed by atoms with Crippen LogP contribution in [0.15, 0.2) is 0 Å². The fraction of sp³-hybridized carbons (Fsp3) is 1.00. The molecule has 0 heterocycles. The van der Waals surface area contributed by atoms with E-state index in [9.17, 15) is 0 Å². The first-order valence-corrected chi connectivity index (χ1v) is 3.57. The van der Waals surface area contributed by atoms with Crippen LogP contribution >= 0.6 is 0 Å². The zero-order valence-corrected chi connectivity index (χ0v) is 5.93. The smallest absolute Gasteiger partial charge is 0.0517 e. The van der Waals surface area contributed by atoms with Crippen molar-refractivity contribution in [2.45, 2.75) is 32.3 Å². The van der Waals surface area contributed by atoms with Gasteiger partial charge in [0.2, 0.25) is 0 Å². The molecule has 3 N–H and O–H groups in total. The standard InChI is InChI=1S/C7H15NO/c1-6(9)4-7(5-8)2-3-7/h6,9H,2-5,8H2,1H3. The minimum Gasteiger partial charge on any atom is -0.393 e. The highest BCUT2D eigenvalue weighted by Crippen LogP contribution is 2.48. The lowest BCUT2D eigenvalue weighted by Crippen LogP contribution is -2.20. The van der Waals surface area contributed by atoms with Crippen LogP contribution < -0.4 is 5.73 Å². The van der Waals surface area contributed by atoms with Crippen molar-refractivity contribution in [3.8, 4) is 0 Å². The van der Waals surface area contributed by atoms with E-state index in [2.05, 4.69) is 0 Å². The van der Waals surface area contributed by atoms with E-state index in [1.165, 1.54) is 12.8 Å². The molecule has 1 aliphatic rings. The Kier molecular flexibility index (Phi) is 1.78. The van der Waals surface area contributed by atoms with E-state index in [0.717, 1.165) is 13.0 Å². The molecular weight excluding hydrogens is 114 g/mol. The van der Waals surface area contributed by atoms with Crippen molar-refractivity contribution in [2.24, 2.45) is 11.1 Å². The maximum atomic E-state index is 9.00. The van der Waals surface area contributed by atoms with E-state index in [4.69, 9.17) is 10.8 Å². The summed E-state index contributed by atoms with van der Waals surface area (Å²) in [6, 6.07) is 0. The summed E-state index contributed by atoms with van der Waals surface area (Å²) >= 11 is 0. The van der Waals surface area contributed by atoms with Crippen LogP contribution in [0, 0.1) is 5.41 Å². The number of aliphatic hydroxyl groups is 1. The summed E-state index contributed by atoms with van der Waals surface area (Å²) in [5.41, 5.74) is 5.85. The highest BCUT2D eigenvalue weighted by atomic mass is 16.3. The highest BCUT2D eigenvalue weighted by molar-refractivity contribution is 4.94. The van der Waals surface area contributed by atoms with Gasteiger partial charge in [-0.15, -0.1) is 0 Å². The molecule has 0 aromatic carbocycles. The number of hydrogen-bond acceptors (Lipinski definition) is 2. The summed E-state index contributed by atoms with van der Waals surface area (Å²) in [4.78, 5) is 0. The molecule has 0 amide bonds. The molecule has 1 rings (SSSR count). The Balaban J connectivity index is 2.25. The summed E-state index contributed by atoms with van der Waals surface area (Å²) in [5, 5.41) is 9.00. The Hall–Kier alpha value is -0.0800. The molecule has 0 spiro atoms. The highest BCUT2D eigenvalue weighted by Gasteiger charge is 2.41. The predicted octanol–water partition coefficient (Wildman–Crippen LogP) is 0.496. The average molecular weight is 129 g/mol. The third kappa shape index (κ3) is 1.66. The summed E-state index contributed by atoms with van der Waals surface area (Å²) < 4.78 is 0. The van der Waals surface area contributed by atoms with E-state index < -0.39 is 0 Å². The molecule has 1 atom stereocenters. The molecule has 0 radical (unpaired) electrons. The van der Waals surface area contributed by atoms with Crippen molar-refractivity contribution in [1.82, 2.24) is 0 Å². The Bertz CT molecular complexity index is 97.1. The van der Waals surface area contributed by atoms with Crippen LogP contribution in [-0.2, 0) is 0 Å². The van der Waals surface area contributed by atoms with Crippen molar-refractivity contribution < 1.29 is 5.11 Å². The maximum absolute atomic E-state index is 9.00. The first-order valence-electron chi connectivity index (χ1n) is 3.57. The van der Waals surface area contributed by atoms with Gasteiger partial charge in [-0.1, -0.05) is 0 Å². The number of hydrogen-bond donors (Lipinski definition) is 2. The Morgan fingerprint density at radius 3 is 2.33 bits per heavy atom. The van der Waals surface area contributed by atoms with Crippen molar-refractivity contribution in [1.29, 1.82) is 0 Å². The molecule has 1 unspecified atom stereocenters. The van der Waals surface area contributed by atoms with Crippen molar-refractivity contribution in [3.05, 3.63) is 0 Å². The van der Waals surface area contributed by atoms with Gasteiger partial charge < -0.3 is 10.8 Å². The summed E-state index contributed by atoms with van der Waals surface area (Å²) in [6.45, 7) is 2.58. The van der Waals surface area contributed by atoms with Crippen LogP contribution in [0.2, 0.25) is 0 Å². The van der Waals surface area contributed by atoms with Gasteiger partial charge in [0.25, 0.3) is 0 Å². The fourth-order valence-corrected chi connectivity index (χ4v) is 1.30. The summed E-state index contributed by atoms with van der Waals surface area (Å²) in [7, 11) is 0. The number of aliphatic hydroxyl groups excluding tert-OH is 1. The van der Waals surface area contributed by atoms with Gasteiger partial charge >= 0.3 is 0 Å². The van der Waals surface area contributed by atoms with E-state index in [0.29, 0.717) is 5.41 Å². The molecule has 2 heteroatoms. The van der Waals surface area contributed by atoms with E-state index in [-0.39, 0.29) is 6.10 Å². The van der Waals surface area contributed by atoms with Gasteiger partial charge in [0.15, 0.2) is 0 Å². The molecule has 0 aromatic heterocycles. The Morgan fingerprint density at radius 2 is 2.22 bits per heavy atom. The second-order valence-electron chi connectivity index (χ2n) is 3.26. The molecule has 0 bridgehead atoms. The largest absolute Gasteiger partial charge is 0.393 e. The molecule has 0 saturated heterocycles. The quantitative estimate of drug-likeness (QED) is 0.582. The van der Waals surface area contributed by atoms with Crippen LogP contribution in [0.4, 0.5) is 0 Å². The van der Waals surface area contributed by atoms with Gasteiger partial charge in [0.05, 0.1) is 6.10 Å². The fourth-order valence-electron chi connectivity index (χ4n) is 1.30. The zero-order chi connectivity index (χ0) is 6.91. The molecule has 9 heavy (non-hydrogen) atoms. The van der Waals surface area contributed by atoms with Gasteiger partial charge in [-0.05, 0) is 38.1 Å². The number of nitrogens with two attached hydrogens (primary N) is 1. The first kappa shape index (κ1) is 7.03. The lowest BCUT2D eigenvalue weighted by atomic mass is 10.00. The van der Waals surface area contributed by atoms with Crippen LogP contribution in [0.3, 0.4) is 0 Å². The topological polar surface area (TPSA) is 46.2 Å². The normalized spacial score (nSPS) is 25.7. The van der Waals surface area contributed by atoms with Crippen LogP contribution in [0.5, 0.6) is 0 Å². The average Bonchev–Trinajstić information content (AvgIpc) is 2.48. The minimum absolute atomic E-state index is 0.170. The summed E-state index contributed by atoms with van der Waals surface area (Å²) in [5.74, 6) is 0. The van der Waals surface area contributed by atoms with Crippen LogP contribution in [-0.4, -0.2) is 17.8 Å². The van der Waals surface area contributed by atoms with Gasteiger partial charge in [0, 0.05) is 0 Å². The maximum Gasteiger partial charge on any atom is 0.0517 e. The van der Waals surface area contributed by atoms with Crippen molar-refractivity contribution >= 4 is 0 Å². The number of rotatable bonds is 3. The lowest BCUT2D eigenvalue weighted by Gasteiger charge is -2.12. The van der Waals surface area contributed by atoms with Crippen LogP contribution in [0.25, 0.3) is 0 Å². The second kappa shape index (κ2) is 2.27. The van der Waals surface area contributed by atoms with E-state index in [1.807, 2.05) is 6.92 Å². The van der Waals surface area contributed by atoms with Gasteiger partial charge in [-0.2, -0.15) is 0 Å². The molecule has 0 aliphatic heterocycles. The molecule has 54 valence electrons. The van der Waals surface area contributed by atoms with Gasteiger partial charge in [-0.25, -0.2) is 0 Å². The van der Waals surface area contributed by atoms with E-state index >= 15 is 0 Å². The Labute approximate surface area is 56.1 Å². The van der Waals surface area contributed by atoms with Gasteiger partial charge in [-0.3, -0.25) is 0 Å². The van der Waals surface area contributed by atoms with Crippen LogP contribution in [0.1, 0.15) is 26.2 Å². The molecule has 1 fully saturated rings. The minimum atomic E-state index is -0.170. The van der Waals surface area contributed by atoms with Crippen molar-refractivity contribution in [3.63, 3.8) is 0 Å². The van der Waals surface area contributed by atoms with E-state index in [1.54, 1.807) is 0 Å². The molecule has 2 nitrogen and oxygen atoms in total. The SMILES string of the molecule is CC(O)CC1(CN)CC1. The first-order chi connectivity index (χ1) is 4.18. The second-order valence-corrected chi connectivity index (χ2v) is 3.26. The third-order valence-corrected chi connectivity index (χ3v) is 2.12. The monoisotopic (exact) mass is 129 g/mol. The molecular formula is C7H15NO. The zero-order valence-electron chi connectivity index (χ0n) is 5.93. The lowest BCUT2D eigenvalue weighted by molar-refractivity contribution is 0.155. The molecule has 1 aliphatic carbocycles. The summed E-state index contributed by atoms with van der Waals surface area (Å²) in [6.07, 6.45) is 3.16. The third-order valence-electron chi connectivity index (χ3n) is 2.12. The Morgan fingerprint density at radius 1 is 1.67 bits per heavy atom. The van der Waals surface area contributed by atoms with Gasteiger partial charge in [0.1, 0.15) is 0 Å². The van der Waals surface area contributed by atoms with Crippen molar-refractivity contribution in [2.75, 3.05) is 6.54 Å². The molecule has 0 aromatic rings.